The molecule has 1 unspecified atom stereocenters. The van der Waals surface area contributed by atoms with Gasteiger partial charge in [-0.1, -0.05) is 261 Å². The first kappa shape index (κ1) is 63.8. The number of unbranched alkanes of at least 4 members (excludes halogenated alkanes) is 28. The van der Waals surface area contributed by atoms with Crippen molar-refractivity contribution in [2.75, 3.05) is 13.2 Å². The van der Waals surface area contributed by atoms with Crippen LogP contribution in [-0.4, -0.2) is 37.2 Å². The van der Waals surface area contributed by atoms with E-state index < -0.39 is 6.10 Å². The van der Waals surface area contributed by atoms with Gasteiger partial charge in [0.2, 0.25) is 0 Å². The number of ether oxygens (including phenoxy) is 3. The van der Waals surface area contributed by atoms with Crippen LogP contribution in [0, 0.1) is 0 Å². The fourth-order valence-electron chi connectivity index (χ4n) is 7.98. The molecule has 0 aromatic carbocycles. The average Bonchev–Trinajstić information content (AvgIpc) is 3.33. The minimum atomic E-state index is -0.789. The molecule has 0 aromatic heterocycles. The maximum absolute atomic E-state index is 12.8. The fraction of sp³-hybridized carbons (Fsp3) is 0.754. The van der Waals surface area contributed by atoms with E-state index in [-0.39, 0.29) is 31.1 Å². The lowest BCUT2D eigenvalue weighted by atomic mass is 10.0. The number of rotatable bonds is 51. The van der Waals surface area contributed by atoms with Gasteiger partial charge in [0, 0.05) is 19.3 Å². The van der Waals surface area contributed by atoms with Gasteiger partial charge in [0.05, 0.1) is 0 Å². The highest BCUT2D eigenvalue weighted by Crippen LogP contribution is 2.16. The van der Waals surface area contributed by atoms with Gasteiger partial charge in [-0.2, -0.15) is 0 Å². The molecule has 0 bridgehead atoms. The molecule has 0 fully saturated rings. The zero-order valence-corrected chi connectivity index (χ0v) is 44.2. The number of hydrogen-bond acceptors (Lipinski definition) is 6. The molecule has 0 spiro atoms. The molecule has 67 heavy (non-hydrogen) atoms. The Bertz CT molecular complexity index is 1260. The number of allylic oxidation sites excluding steroid dienone is 12. The van der Waals surface area contributed by atoms with Gasteiger partial charge in [-0.3, -0.25) is 14.4 Å². The third-order valence-corrected chi connectivity index (χ3v) is 12.2. The average molecular weight is 936 g/mol. The highest BCUT2D eigenvalue weighted by atomic mass is 16.6. The zero-order chi connectivity index (χ0) is 48.6. The van der Waals surface area contributed by atoms with E-state index in [0.29, 0.717) is 19.3 Å². The monoisotopic (exact) mass is 935 g/mol. The normalized spacial score (nSPS) is 12.6. The first-order chi connectivity index (χ1) is 33.0. The van der Waals surface area contributed by atoms with Gasteiger partial charge >= 0.3 is 17.9 Å². The Morgan fingerprint density at radius 2 is 0.582 bits per heavy atom. The summed E-state index contributed by atoms with van der Waals surface area (Å²) in [5.74, 6) is -0.930. The molecule has 0 amide bonds. The largest absolute Gasteiger partial charge is 0.462 e. The molecule has 1 atom stereocenters. The molecular formula is C61H106O6. The molecule has 0 aliphatic carbocycles. The van der Waals surface area contributed by atoms with E-state index in [1.54, 1.807) is 0 Å². The third-order valence-electron chi connectivity index (χ3n) is 12.2. The molecule has 0 aliphatic heterocycles. The third kappa shape index (κ3) is 53.7. The molecule has 386 valence electrons. The maximum Gasteiger partial charge on any atom is 0.306 e. The summed E-state index contributed by atoms with van der Waals surface area (Å²) < 4.78 is 16.7. The lowest BCUT2D eigenvalue weighted by Crippen LogP contribution is -2.30. The predicted molar refractivity (Wildman–Crippen MR) is 288 cm³/mol. The molecule has 0 saturated carbocycles. The SMILES string of the molecule is CC/C=C\C/C=C\C/C=C\C/C=C\C/C=C\C/C=C\CCCCC(=O)OCC(COC(=O)CCCCCCCCC)OC(=O)CCCCCCCCCCCCCCCCCCCCCCC. The summed E-state index contributed by atoms with van der Waals surface area (Å²) in [5.41, 5.74) is 0. The number of carbonyl (C=O) groups excluding carboxylic acids is 3. The number of carbonyl (C=O) groups is 3. The summed E-state index contributed by atoms with van der Waals surface area (Å²) in [7, 11) is 0. The van der Waals surface area contributed by atoms with Crippen LogP contribution in [0.4, 0.5) is 0 Å². The minimum Gasteiger partial charge on any atom is -0.462 e. The molecular weight excluding hydrogens is 829 g/mol. The van der Waals surface area contributed by atoms with Crippen LogP contribution in [0.2, 0.25) is 0 Å². The van der Waals surface area contributed by atoms with E-state index in [1.807, 2.05) is 0 Å². The van der Waals surface area contributed by atoms with E-state index in [1.165, 1.54) is 141 Å². The maximum atomic E-state index is 12.8. The van der Waals surface area contributed by atoms with Crippen molar-refractivity contribution in [3.63, 3.8) is 0 Å². The summed E-state index contributed by atoms with van der Waals surface area (Å²) in [6, 6.07) is 0. The molecule has 0 saturated heterocycles. The number of esters is 3. The lowest BCUT2D eigenvalue weighted by Gasteiger charge is -2.18. The molecule has 0 radical (unpaired) electrons. The van der Waals surface area contributed by atoms with Crippen LogP contribution in [0.1, 0.15) is 278 Å². The van der Waals surface area contributed by atoms with Crippen LogP contribution in [0.5, 0.6) is 0 Å². The second-order valence-corrected chi connectivity index (χ2v) is 18.8. The summed E-state index contributed by atoms with van der Waals surface area (Å²) in [4.78, 5) is 37.9. The van der Waals surface area contributed by atoms with Crippen LogP contribution in [0.25, 0.3) is 0 Å². The summed E-state index contributed by atoms with van der Waals surface area (Å²) in [6.45, 7) is 6.47. The van der Waals surface area contributed by atoms with Crippen molar-refractivity contribution in [2.45, 2.75) is 284 Å². The van der Waals surface area contributed by atoms with Crippen LogP contribution >= 0.6 is 0 Å². The Morgan fingerprint density at radius 3 is 0.910 bits per heavy atom. The van der Waals surface area contributed by atoms with Crippen LogP contribution < -0.4 is 0 Å². The van der Waals surface area contributed by atoms with Gasteiger partial charge in [0.15, 0.2) is 6.10 Å². The molecule has 6 heteroatoms. The second kappa shape index (κ2) is 55.4. The van der Waals surface area contributed by atoms with Gasteiger partial charge in [0.25, 0.3) is 0 Å². The van der Waals surface area contributed by atoms with Crippen LogP contribution in [0.15, 0.2) is 72.9 Å². The Kier molecular flexibility index (Phi) is 52.8. The van der Waals surface area contributed by atoms with Crippen LogP contribution in [0.3, 0.4) is 0 Å². The van der Waals surface area contributed by atoms with Crippen molar-refractivity contribution in [3.8, 4) is 0 Å². The van der Waals surface area contributed by atoms with Crippen molar-refractivity contribution < 1.29 is 28.6 Å². The molecule has 0 rings (SSSR count). The molecule has 0 aliphatic rings. The van der Waals surface area contributed by atoms with Crippen LogP contribution in [-0.2, 0) is 28.6 Å². The zero-order valence-electron chi connectivity index (χ0n) is 44.2. The first-order valence-corrected chi connectivity index (χ1v) is 28.4. The van der Waals surface area contributed by atoms with Crippen molar-refractivity contribution in [1.82, 2.24) is 0 Å². The molecule has 6 nitrogen and oxygen atoms in total. The Balaban J connectivity index is 4.26. The van der Waals surface area contributed by atoms with E-state index in [2.05, 4.69) is 93.7 Å². The van der Waals surface area contributed by atoms with Gasteiger partial charge in [-0.05, 0) is 70.6 Å². The second-order valence-electron chi connectivity index (χ2n) is 18.8. The van der Waals surface area contributed by atoms with E-state index in [4.69, 9.17) is 14.2 Å². The summed E-state index contributed by atoms with van der Waals surface area (Å²) in [5, 5.41) is 0. The number of hydrogen-bond donors (Lipinski definition) is 0. The van der Waals surface area contributed by atoms with Crippen molar-refractivity contribution in [1.29, 1.82) is 0 Å². The predicted octanol–water partition coefficient (Wildman–Crippen LogP) is 19.0. The Labute approximate surface area is 414 Å². The Morgan fingerprint density at radius 1 is 0.313 bits per heavy atom. The highest BCUT2D eigenvalue weighted by molar-refractivity contribution is 5.71. The van der Waals surface area contributed by atoms with Crippen molar-refractivity contribution in [3.05, 3.63) is 72.9 Å². The van der Waals surface area contributed by atoms with Gasteiger partial charge in [-0.15, -0.1) is 0 Å². The van der Waals surface area contributed by atoms with Crippen molar-refractivity contribution >= 4 is 17.9 Å². The standard InChI is InChI=1S/C61H106O6/c1-4-7-10-13-16-18-20-22-24-26-28-30-32-34-36-38-40-42-45-48-51-54-60(63)66-57-58(56-65-59(62)53-50-47-44-15-12-9-6-3)67-61(64)55-52-49-46-43-41-39-37-35-33-31-29-27-25-23-21-19-17-14-11-8-5-2/h7,10,16,18,22,24,28,30,34,36,40,42,58H,4-6,8-9,11-15,17,19-21,23,25-27,29,31-33,35,37-39,41,43-57H2,1-3H3/b10-7-,18-16-,24-22-,30-28-,36-34-,42-40-. The molecule has 0 N–H and O–H groups in total. The van der Waals surface area contributed by atoms with E-state index in [0.717, 1.165) is 96.3 Å². The Hall–Kier alpha value is -3.15. The van der Waals surface area contributed by atoms with E-state index >= 15 is 0 Å². The van der Waals surface area contributed by atoms with Gasteiger partial charge < -0.3 is 14.2 Å². The smallest absolute Gasteiger partial charge is 0.306 e. The fourth-order valence-corrected chi connectivity index (χ4v) is 7.98. The van der Waals surface area contributed by atoms with Crippen molar-refractivity contribution in [2.24, 2.45) is 0 Å². The lowest BCUT2D eigenvalue weighted by molar-refractivity contribution is -0.167. The van der Waals surface area contributed by atoms with Gasteiger partial charge in [0.1, 0.15) is 13.2 Å². The summed E-state index contributed by atoms with van der Waals surface area (Å²) >= 11 is 0. The summed E-state index contributed by atoms with van der Waals surface area (Å²) in [6.07, 6.45) is 70.6. The topological polar surface area (TPSA) is 78.9 Å². The quantitative estimate of drug-likeness (QED) is 0.0262. The molecule has 0 heterocycles. The van der Waals surface area contributed by atoms with Gasteiger partial charge in [-0.25, -0.2) is 0 Å². The minimum absolute atomic E-state index is 0.0870. The van der Waals surface area contributed by atoms with E-state index in [9.17, 15) is 14.4 Å². The first-order valence-electron chi connectivity index (χ1n) is 28.4. The molecule has 0 aromatic rings. The highest BCUT2D eigenvalue weighted by Gasteiger charge is 2.19.